The van der Waals surface area contributed by atoms with Crippen LogP contribution in [-0.4, -0.2) is 40.3 Å². The maximum Gasteiger partial charge on any atom is 0.311 e. The summed E-state index contributed by atoms with van der Waals surface area (Å²) in [4.78, 5) is 19.7. The quantitative estimate of drug-likeness (QED) is 0.841. The number of aromatic nitrogens is 2. The topological polar surface area (TPSA) is 84.3 Å². The molecule has 6 heteroatoms. The first-order chi connectivity index (χ1) is 9.25. The lowest BCUT2D eigenvalue weighted by atomic mass is 9.96. The molecule has 1 saturated heterocycles. The molecule has 2 aliphatic rings. The number of hydrogen-bond acceptors (Lipinski definition) is 5. The van der Waals surface area contributed by atoms with Crippen LogP contribution in [0.5, 0.6) is 0 Å². The van der Waals surface area contributed by atoms with E-state index in [9.17, 15) is 4.79 Å². The van der Waals surface area contributed by atoms with Crippen LogP contribution in [0.4, 0.5) is 5.82 Å². The van der Waals surface area contributed by atoms with Crippen LogP contribution < -0.4 is 5.32 Å². The second-order valence-corrected chi connectivity index (χ2v) is 5.09. The molecule has 1 aromatic heterocycles. The van der Waals surface area contributed by atoms with Gasteiger partial charge in [-0.3, -0.25) is 4.79 Å². The Hall–Kier alpha value is -1.69. The average Bonchev–Trinajstić information content (AvgIpc) is 2.87. The van der Waals surface area contributed by atoms with E-state index in [0.717, 1.165) is 42.8 Å². The lowest BCUT2D eigenvalue weighted by Gasteiger charge is -2.21. The number of carboxylic acids is 1. The van der Waals surface area contributed by atoms with Crippen LogP contribution in [0.25, 0.3) is 0 Å². The Labute approximate surface area is 111 Å². The number of rotatable bonds is 3. The Bertz CT molecular complexity index is 492. The van der Waals surface area contributed by atoms with E-state index in [2.05, 4.69) is 15.3 Å². The molecular weight excluding hydrogens is 246 g/mol. The number of carbonyl (C=O) groups is 1. The highest BCUT2D eigenvalue weighted by Crippen LogP contribution is 2.26. The second kappa shape index (κ2) is 5.13. The van der Waals surface area contributed by atoms with E-state index in [1.165, 1.54) is 0 Å². The number of anilines is 1. The Kier molecular flexibility index (Phi) is 3.33. The maximum atomic E-state index is 11.1. The SMILES string of the molecule is O=C(O)C1COCC1Nc1ncnc2c1CCCC2. The summed E-state index contributed by atoms with van der Waals surface area (Å²) in [5.41, 5.74) is 2.24. The van der Waals surface area contributed by atoms with Gasteiger partial charge in [0, 0.05) is 11.3 Å². The van der Waals surface area contributed by atoms with Crippen molar-refractivity contribution < 1.29 is 14.6 Å². The molecule has 102 valence electrons. The zero-order chi connectivity index (χ0) is 13.2. The van der Waals surface area contributed by atoms with Crippen LogP contribution in [0.15, 0.2) is 6.33 Å². The third-order valence-electron chi connectivity index (χ3n) is 3.84. The van der Waals surface area contributed by atoms with Gasteiger partial charge in [0.05, 0.1) is 19.3 Å². The van der Waals surface area contributed by atoms with Crippen molar-refractivity contribution in [1.29, 1.82) is 0 Å². The molecule has 6 nitrogen and oxygen atoms in total. The van der Waals surface area contributed by atoms with Gasteiger partial charge >= 0.3 is 5.97 Å². The summed E-state index contributed by atoms with van der Waals surface area (Å²) in [6.07, 6.45) is 5.80. The van der Waals surface area contributed by atoms with E-state index in [-0.39, 0.29) is 12.6 Å². The van der Waals surface area contributed by atoms with Gasteiger partial charge in [-0.05, 0) is 25.7 Å². The predicted octanol–water partition coefficient (Wildman–Crippen LogP) is 0.867. The summed E-state index contributed by atoms with van der Waals surface area (Å²) in [5.74, 6) is -0.543. The minimum atomic E-state index is -0.821. The molecule has 1 aliphatic carbocycles. The van der Waals surface area contributed by atoms with E-state index in [4.69, 9.17) is 9.84 Å². The highest BCUT2D eigenvalue weighted by molar-refractivity contribution is 5.72. The van der Waals surface area contributed by atoms with Crippen molar-refractivity contribution in [2.45, 2.75) is 31.7 Å². The lowest BCUT2D eigenvalue weighted by molar-refractivity contribution is -0.141. The van der Waals surface area contributed by atoms with Crippen LogP contribution in [0.1, 0.15) is 24.1 Å². The van der Waals surface area contributed by atoms with E-state index in [1.807, 2.05) is 0 Å². The molecule has 2 heterocycles. The third kappa shape index (κ3) is 2.40. The number of aliphatic carboxylic acids is 1. The van der Waals surface area contributed by atoms with Gasteiger partial charge in [0.2, 0.25) is 0 Å². The van der Waals surface area contributed by atoms with Crippen LogP contribution in [0.3, 0.4) is 0 Å². The number of carboxylic acid groups (broad SMARTS) is 1. The van der Waals surface area contributed by atoms with Gasteiger partial charge in [-0.1, -0.05) is 0 Å². The monoisotopic (exact) mass is 263 g/mol. The second-order valence-electron chi connectivity index (χ2n) is 5.09. The molecule has 0 aromatic carbocycles. The van der Waals surface area contributed by atoms with Crippen LogP contribution in [-0.2, 0) is 22.4 Å². The van der Waals surface area contributed by atoms with Crippen molar-refractivity contribution in [3.05, 3.63) is 17.6 Å². The van der Waals surface area contributed by atoms with Gasteiger partial charge in [0.15, 0.2) is 0 Å². The molecule has 2 atom stereocenters. The smallest absolute Gasteiger partial charge is 0.311 e. The average molecular weight is 263 g/mol. The summed E-state index contributed by atoms with van der Waals surface area (Å²) in [6.45, 7) is 0.677. The highest BCUT2D eigenvalue weighted by Gasteiger charge is 2.34. The van der Waals surface area contributed by atoms with Gasteiger partial charge in [-0.15, -0.1) is 0 Å². The molecule has 1 aliphatic heterocycles. The Morgan fingerprint density at radius 2 is 2.16 bits per heavy atom. The van der Waals surface area contributed by atoms with Crippen LogP contribution in [0.2, 0.25) is 0 Å². The van der Waals surface area contributed by atoms with E-state index < -0.39 is 11.9 Å². The molecule has 1 aromatic rings. The number of fused-ring (bicyclic) bond motifs is 1. The standard InChI is InChI=1S/C13H17N3O3/c17-13(18)9-5-19-6-11(9)16-12-8-3-1-2-4-10(8)14-7-15-12/h7,9,11H,1-6H2,(H,17,18)(H,14,15,16). The third-order valence-corrected chi connectivity index (χ3v) is 3.84. The number of nitrogens with zero attached hydrogens (tertiary/aromatic N) is 2. The van der Waals surface area contributed by atoms with E-state index in [1.54, 1.807) is 6.33 Å². The number of hydrogen-bond donors (Lipinski definition) is 2. The van der Waals surface area contributed by atoms with Gasteiger partial charge in [-0.25, -0.2) is 9.97 Å². The Balaban J connectivity index is 1.81. The zero-order valence-corrected chi connectivity index (χ0v) is 10.6. The zero-order valence-electron chi connectivity index (χ0n) is 10.6. The highest BCUT2D eigenvalue weighted by atomic mass is 16.5. The molecule has 1 fully saturated rings. The lowest BCUT2D eigenvalue weighted by Crippen LogP contribution is -2.34. The molecular formula is C13H17N3O3. The van der Waals surface area contributed by atoms with Gasteiger partial charge in [0.1, 0.15) is 18.1 Å². The van der Waals surface area contributed by atoms with Crippen molar-refractivity contribution in [2.24, 2.45) is 5.92 Å². The van der Waals surface area contributed by atoms with Gasteiger partial charge < -0.3 is 15.2 Å². The molecule has 0 spiro atoms. The summed E-state index contributed by atoms with van der Waals surface area (Å²) < 4.78 is 5.26. The Morgan fingerprint density at radius 3 is 3.00 bits per heavy atom. The van der Waals surface area contributed by atoms with E-state index >= 15 is 0 Å². The largest absolute Gasteiger partial charge is 0.481 e. The van der Waals surface area contributed by atoms with Gasteiger partial charge in [-0.2, -0.15) is 0 Å². The van der Waals surface area contributed by atoms with Gasteiger partial charge in [0.25, 0.3) is 0 Å². The predicted molar refractivity (Wildman–Crippen MR) is 68.0 cm³/mol. The molecule has 0 bridgehead atoms. The first kappa shape index (κ1) is 12.3. The molecule has 3 rings (SSSR count). The van der Waals surface area contributed by atoms with Crippen molar-refractivity contribution in [1.82, 2.24) is 9.97 Å². The summed E-state index contributed by atoms with van der Waals surface area (Å²) >= 11 is 0. The molecule has 19 heavy (non-hydrogen) atoms. The normalized spacial score (nSPS) is 25.9. The first-order valence-corrected chi connectivity index (χ1v) is 6.65. The summed E-state index contributed by atoms with van der Waals surface area (Å²) in [6, 6.07) is -0.210. The maximum absolute atomic E-state index is 11.1. The number of aryl methyl sites for hydroxylation is 1. The number of ether oxygens (including phenoxy) is 1. The van der Waals surface area contributed by atoms with Crippen molar-refractivity contribution in [3.8, 4) is 0 Å². The fourth-order valence-corrected chi connectivity index (χ4v) is 2.76. The first-order valence-electron chi connectivity index (χ1n) is 6.65. The molecule has 0 radical (unpaired) electrons. The number of nitrogens with one attached hydrogen (secondary N) is 1. The fraction of sp³-hybridized carbons (Fsp3) is 0.615. The summed E-state index contributed by atoms with van der Waals surface area (Å²) in [5, 5.41) is 12.4. The molecule has 0 saturated carbocycles. The minimum Gasteiger partial charge on any atom is -0.481 e. The summed E-state index contributed by atoms with van der Waals surface area (Å²) in [7, 11) is 0. The minimum absolute atomic E-state index is 0.210. The molecule has 2 unspecified atom stereocenters. The van der Waals surface area contributed by atoms with Crippen LogP contribution >= 0.6 is 0 Å². The fourth-order valence-electron chi connectivity index (χ4n) is 2.76. The molecule has 2 N–H and O–H groups in total. The van der Waals surface area contributed by atoms with E-state index in [0.29, 0.717) is 6.61 Å². The van der Waals surface area contributed by atoms with Crippen LogP contribution in [0, 0.1) is 5.92 Å². The molecule has 0 amide bonds. The Morgan fingerprint density at radius 1 is 1.32 bits per heavy atom. The van der Waals surface area contributed by atoms with Crippen molar-refractivity contribution in [2.75, 3.05) is 18.5 Å². The van der Waals surface area contributed by atoms with Crippen molar-refractivity contribution in [3.63, 3.8) is 0 Å². The van der Waals surface area contributed by atoms with Crippen molar-refractivity contribution >= 4 is 11.8 Å².